The van der Waals surface area contributed by atoms with E-state index in [9.17, 15) is 0 Å². The lowest BCUT2D eigenvalue weighted by Crippen LogP contribution is -2.32. The number of nitrogens with zero attached hydrogens (tertiary/aromatic N) is 3. The fourth-order valence-electron chi connectivity index (χ4n) is 4.48. The molecule has 30 heavy (non-hydrogen) atoms. The molecule has 1 aromatic heterocycles. The van der Waals surface area contributed by atoms with E-state index in [1.165, 1.54) is 16.3 Å². The first kappa shape index (κ1) is 20.8. The highest BCUT2D eigenvalue weighted by atomic mass is 31.1. The van der Waals surface area contributed by atoms with Crippen LogP contribution in [0.4, 0.5) is 0 Å². The molecule has 0 spiro atoms. The molecule has 3 aromatic carbocycles. The highest BCUT2D eigenvalue weighted by Crippen LogP contribution is 2.59. The number of para-hydroxylation sites is 1. The van der Waals surface area contributed by atoms with Crippen molar-refractivity contribution in [3.63, 3.8) is 0 Å². The fraction of sp³-hybridized carbons (Fsp3) is 0.308. The smallest absolute Gasteiger partial charge is 0.115 e. The van der Waals surface area contributed by atoms with Crippen LogP contribution in [0.5, 0.6) is 0 Å². The maximum absolute atomic E-state index is 4.85. The van der Waals surface area contributed by atoms with Gasteiger partial charge in [0.15, 0.2) is 0 Å². The standard InChI is InChI=1S/C26H30N3P/c1-25(2,3)30(26(4,5)6)24-23(29(28-27-24)20-15-8-7-9-16-20)22-18-12-14-19-13-10-11-17-21(19)22/h7-18H,1-6H3. The SMILES string of the molecule is CC(C)(C)P(c1nnn(-c2ccccc2)c1-c1cccc2ccccc12)C(C)(C)C. The molecule has 0 N–H and O–H groups in total. The molecule has 154 valence electrons. The first-order valence-electron chi connectivity index (χ1n) is 10.5. The molecular weight excluding hydrogens is 385 g/mol. The van der Waals surface area contributed by atoms with Crippen LogP contribution >= 0.6 is 7.92 Å². The zero-order valence-corrected chi connectivity index (χ0v) is 19.6. The van der Waals surface area contributed by atoms with Crippen molar-refractivity contribution in [3.05, 3.63) is 72.8 Å². The third-order valence-electron chi connectivity index (χ3n) is 5.25. The zero-order chi connectivity index (χ0) is 21.5. The number of fused-ring (bicyclic) bond motifs is 1. The second kappa shape index (κ2) is 7.63. The van der Waals surface area contributed by atoms with Gasteiger partial charge in [0.25, 0.3) is 0 Å². The minimum absolute atomic E-state index is 0.102. The number of benzene rings is 3. The predicted octanol–water partition coefficient (Wildman–Crippen LogP) is 6.79. The Morgan fingerprint density at radius 2 is 1.30 bits per heavy atom. The summed E-state index contributed by atoms with van der Waals surface area (Å²) in [6.07, 6.45) is 0. The summed E-state index contributed by atoms with van der Waals surface area (Å²) in [7, 11) is -0.602. The van der Waals surface area contributed by atoms with Gasteiger partial charge in [0.05, 0.1) is 5.69 Å². The van der Waals surface area contributed by atoms with E-state index >= 15 is 0 Å². The Hall–Kier alpha value is -2.51. The summed E-state index contributed by atoms with van der Waals surface area (Å²) < 4.78 is 2.03. The molecule has 4 rings (SSSR count). The van der Waals surface area contributed by atoms with E-state index in [0.717, 1.165) is 16.8 Å². The minimum atomic E-state index is -0.602. The van der Waals surface area contributed by atoms with Gasteiger partial charge in [-0.1, -0.05) is 107 Å². The molecule has 0 fully saturated rings. The maximum Gasteiger partial charge on any atom is 0.115 e. The van der Waals surface area contributed by atoms with Gasteiger partial charge in [0, 0.05) is 5.56 Å². The molecule has 0 aliphatic carbocycles. The highest BCUT2D eigenvalue weighted by molar-refractivity contribution is 7.68. The van der Waals surface area contributed by atoms with E-state index in [2.05, 4.69) is 108 Å². The summed E-state index contributed by atoms with van der Waals surface area (Å²) in [6, 6.07) is 25.5. The van der Waals surface area contributed by atoms with Crippen LogP contribution in [0.15, 0.2) is 72.8 Å². The lowest BCUT2D eigenvalue weighted by molar-refractivity contribution is 0.713. The van der Waals surface area contributed by atoms with Gasteiger partial charge in [-0.2, -0.15) is 0 Å². The average molecular weight is 416 g/mol. The van der Waals surface area contributed by atoms with Crippen molar-refractivity contribution in [2.24, 2.45) is 0 Å². The van der Waals surface area contributed by atoms with Crippen LogP contribution in [-0.2, 0) is 0 Å². The Morgan fingerprint density at radius 1 is 0.700 bits per heavy atom. The molecule has 4 aromatic rings. The van der Waals surface area contributed by atoms with Crippen molar-refractivity contribution < 1.29 is 0 Å². The van der Waals surface area contributed by atoms with E-state index in [1.807, 2.05) is 10.7 Å². The number of hydrogen-bond donors (Lipinski definition) is 0. The van der Waals surface area contributed by atoms with Gasteiger partial charge < -0.3 is 0 Å². The fourth-order valence-corrected chi connectivity index (χ4v) is 8.32. The highest BCUT2D eigenvalue weighted by Gasteiger charge is 2.40. The number of hydrogen-bond acceptors (Lipinski definition) is 2. The van der Waals surface area contributed by atoms with Crippen LogP contribution in [0.3, 0.4) is 0 Å². The molecule has 0 atom stereocenters. The molecule has 1 heterocycles. The molecule has 0 amide bonds. The molecule has 0 saturated carbocycles. The molecule has 0 bridgehead atoms. The Labute approximate surface area is 180 Å². The molecule has 0 radical (unpaired) electrons. The van der Waals surface area contributed by atoms with Crippen molar-refractivity contribution in [2.45, 2.75) is 51.9 Å². The van der Waals surface area contributed by atoms with Crippen molar-refractivity contribution in [2.75, 3.05) is 0 Å². The second-order valence-electron chi connectivity index (χ2n) is 9.71. The van der Waals surface area contributed by atoms with E-state index in [4.69, 9.17) is 10.3 Å². The monoisotopic (exact) mass is 415 g/mol. The third-order valence-corrected chi connectivity index (χ3v) is 8.66. The van der Waals surface area contributed by atoms with Crippen LogP contribution in [-0.4, -0.2) is 25.3 Å². The molecule has 3 nitrogen and oxygen atoms in total. The van der Waals surface area contributed by atoms with Crippen molar-refractivity contribution >= 4 is 24.1 Å². The molecule has 0 saturated heterocycles. The third kappa shape index (κ3) is 3.79. The van der Waals surface area contributed by atoms with Gasteiger partial charge in [-0.25, -0.2) is 4.68 Å². The van der Waals surface area contributed by atoms with Gasteiger partial charge >= 0.3 is 0 Å². The summed E-state index contributed by atoms with van der Waals surface area (Å²) in [5.41, 5.74) is 4.48. The van der Waals surface area contributed by atoms with Gasteiger partial charge in [0.1, 0.15) is 11.1 Å². The van der Waals surface area contributed by atoms with Crippen LogP contribution in [0, 0.1) is 0 Å². The number of rotatable bonds is 3. The largest absolute Gasteiger partial charge is 0.212 e. The first-order chi connectivity index (χ1) is 14.2. The van der Waals surface area contributed by atoms with Gasteiger partial charge in [-0.05, 0) is 41.1 Å². The van der Waals surface area contributed by atoms with Crippen molar-refractivity contribution in [1.82, 2.24) is 15.0 Å². The maximum atomic E-state index is 4.85. The number of aromatic nitrogens is 3. The van der Waals surface area contributed by atoms with Gasteiger partial charge in [-0.15, -0.1) is 5.10 Å². The van der Waals surface area contributed by atoms with E-state index < -0.39 is 7.92 Å². The van der Waals surface area contributed by atoms with Crippen molar-refractivity contribution in [1.29, 1.82) is 0 Å². The van der Waals surface area contributed by atoms with Gasteiger partial charge in [0.2, 0.25) is 0 Å². The van der Waals surface area contributed by atoms with E-state index in [-0.39, 0.29) is 10.3 Å². The normalized spacial score (nSPS) is 12.6. The Morgan fingerprint density at radius 3 is 1.97 bits per heavy atom. The first-order valence-corrected chi connectivity index (χ1v) is 11.8. The summed E-state index contributed by atoms with van der Waals surface area (Å²) >= 11 is 0. The van der Waals surface area contributed by atoms with Crippen LogP contribution < -0.4 is 5.44 Å². The average Bonchev–Trinajstić information content (AvgIpc) is 3.09. The molecule has 0 aliphatic heterocycles. The Bertz CT molecular complexity index is 1150. The predicted molar refractivity (Wildman–Crippen MR) is 130 cm³/mol. The summed E-state index contributed by atoms with van der Waals surface area (Å²) in [6.45, 7) is 14.0. The van der Waals surface area contributed by atoms with Crippen molar-refractivity contribution in [3.8, 4) is 16.9 Å². The minimum Gasteiger partial charge on any atom is -0.212 e. The quantitative estimate of drug-likeness (QED) is 0.345. The Kier molecular flexibility index (Phi) is 5.28. The summed E-state index contributed by atoms with van der Waals surface area (Å²) in [5.74, 6) is 0. The topological polar surface area (TPSA) is 30.7 Å². The summed E-state index contributed by atoms with van der Waals surface area (Å²) in [4.78, 5) is 0. The molecule has 0 aliphatic rings. The second-order valence-corrected chi connectivity index (χ2v) is 13.5. The van der Waals surface area contributed by atoms with Crippen LogP contribution in [0.25, 0.3) is 27.7 Å². The van der Waals surface area contributed by atoms with Crippen LogP contribution in [0.1, 0.15) is 41.5 Å². The van der Waals surface area contributed by atoms with E-state index in [0.29, 0.717) is 0 Å². The lowest BCUT2D eigenvalue weighted by atomic mass is 10.0. The molecular formula is C26H30N3P. The summed E-state index contributed by atoms with van der Waals surface area (Å²) in [5, 5.41) is 12.2. The van der Waals surface area contributed by atoms with Gasteiger partial charge in [-0.3, -0.25) is 0 Å². The lowest BCUT2D eigenvalue weighted by Gasteiger charge is -2.40. The molecule has 0 unspecified atom stereocenters. The van der Waals surface area contributed by atoms with E-state index in [1.54, 1.807) is 0 Å². The molecule has 4 heteroatoms. The zero-order valence-electron chi connectivity index (χ0n) is 18.7. The Balaban J connectivity index is 2.08. The van der Waals surface area contributed by atoms with Crippen LogP contribution in [0.2, 0.25) is 0 Å².